The van der Waals surface area contributed by atoms with Gasteiger partial charge in [-0.25, -0.2) is 8.42 Å². The van der Waals surface area contributed by atoms with Gasteiger partial charge in [-0.05, 0) is 55.9 Å². The first-order valence-electron chi connectivity index (χ1n) is 8.69. The second-order valence-corrected chi connectivity index (χ2v) is 9.51. The van der Waals surface area contributed by atoms with E-state index >= 15 is 0 Å². The van der Waals surface area contributed by atoms with Crippen molar-refractivity contribution < 1.29 is 13.2 Å². The highest BCUT2D eigenvalue weighted by Crippen LogP contribution is 2.30. The number of aryl methyl sites for hydroxylation is 1. The molecule has 0 fully saturated rings. The fourth-order valence-electron chi connectivity index (χ4n) is 3.48. The Hall–Kier alpha value is -1.60. The van der Waals surface area contributed by atoms with Gasteiger partial charge in [-0.1, -0.05) is 13.8 Å². The van der Waals surface area contributed by atoms with Crippen molar-refractivity contribution >= 4 is 21.6 Å². The Morgan fingerprint density at radius 1 is 1.40 bits per heavy atom. The first-order valence-corrected chi connectivity index (χ1v) is 10.5. The lowest BCUT2D eigenvalue weighted by molar-refractivity contribution is 0.0898. The SMILES string of the molecule is CC(C)CC(C)(CN)NC(=O)c1ccc2c(c1)CCCN2S(C)(=O)=O. The lowest BCUT2D eigenvalue weighted by atomic mass is 9.90. The van der Waals surface area contributed by atoms with Crippen LogP contribution in [0.15, 0.2) is 18.2 Å². The van der Waals surface area contributed by atoms with Crippen molar-refractivity contribution in [3.63, 3.8) is 0 Å². The maximum Gasteiger partial charge on any atom is 0.251 e. The molecule has 1 unspecified atom stereocenters. The molecule has 1 amide bonds. The minimum atomic E-state index is -3.30. The number of hydrogen-bond acceptors (Lipinski definition) is 4. The molecule has 0 saturated carbocycles. The molecular formula is C18H29N3O3S. The zero-order valence-electron chi connectivity index (χ0n) is 15.5. The van der Waals surface area contributed by atoms with Gasteiger partial charge in [-0.3, -0.25) is 9.10 Å². The molecule has 0 spiro atoms. The molecule has 1 atom stereocenters. The van der Waals surface area contributed by atoms with E-state index in [0.29, 0.717) is 30.3 Å². The van der Waals surface area contributed by atoms with Crippen molar-refractivity contribution in [2.45, 2.75) is 45.6 Å². The standard InChI is InChI=1S/C18H29N3O3S/c1-13(2)11-18(3,12-19)20-17(22)15-7-8-16-14(10-15)6-5-9-21(16)25(4,23)24/h7-8,10,13H,5-6,9,11-12,19H2,1-4H3,(H,20,22). The number of benzene rings is 1. The molecule has 25 heavy (non-hydrogen) atoms. The molecule has 1 heterocycles. The molecule has 1 aliphatic rings. The van der Waals surface area contributed by atoms with E-state index in [2.05, 4.69) is 19.2 Å². The first-order chi connectivity index (χ1) is 11.6. The molecule has 0 radical (unpaired) electrons. The average molecular weight is 368 g/mol. The van der Waals surface area contributed by atoms with E-state index in [1.54, 1.807) is 18.2 Å². The van der Waals surface area contributed by atoms with E-state index in [-0.39, 0.29) is 5.91 Å². The van der Waals surface area contributed by atoms with Crippen LogP contribution in [0.5, 0.6) is 0 Å². The third-order valence-corrected chi connectivity index (χ3v) is 5.72. The van der Waals surface area contributed by atoms with E-state index in [1.807, 2.05) is 6.92 Å². The topological polar surface area (TPSA) is 92.5 Å². The van der Waals surface area contributed by atoms with E-state index in [0.717, 1.165) is 24.8 Å². The molecule has 6 nitrogen and oxygen atoms in total. The summed E-state index contributed by atoms with van der Waals surface area (Å²) in [7, 11) is -3.30. The fraction of sp³-hybridized carbons (Fsp3) is 0.611. The number of anilines is 1. The molecular weight excluding hydrogens is 338 g/mol. The van der Waals surface area contributed by atoms with Crippen LogP contribution in [-0.2, 0) is 16.4 Å². The van der Waals surface area contributed by atoms with Gasteiger partial charge in [0.25, 0.3) is 5.91 Å². The Morgan fingerprint density at radius 3 is 2.64 bits per heavy atom. The Balaban J connectivity index is 2.26. The minimum absolute atomic E-state index is 0.173. The highest BCUT2D eigenvalue weighted by molar-refractivity contribution is 7.92. The van der Waals surface area contributed by atoms with Crippen molar-refractivity contribution in [3.05, 3.63) is 29.3 Å². The van der Waals surface area contributed by atoms with Gasteiger partial charge in [0, 0.05) is 24.2 Å². The first kappa shape index (κ1) is 19.7. The monoisotopic (exact) mass is 367 g/mol. The molecule has 0 bridgehead atoms. The van der Waals surface area contributed by atoms with Crippen LogP contribution in [0, 0.1) is 5.92 Å². The number of hydrogen-bond donors (Lipinski definition) is 2. The van der Waals surface area contributed by atoms with Gasteiger partial charge in [-0.15, -0.1) is 0 Å². The lowest BCUT2D eigenvalue weighted by Gasteiger charge is -2.32. The maximum atomic E-state index is 12.7. The van der Waals surface area contributed by atoms with Crippen molar-refractivity contribution in [2.75, 3.05) is 23.7 Å². The Labute approximate surface area is 150 Å². The Bertz CT molecular complexity index is 746. The molecule has 3 N–H and O–H groups in total. The lowest BCUT2D eigenvalue weighted by Crippen LogP contribution is -2.52. The van der Waals surface area contributed by atoms with Crippen LogP contribution in [0.4, 0.5) is 5.69 Å². The number of fused-ring (bicyclic) bond motifs is 1. The summed E-state index contributed by atoms with van der Waals surface area (Å²) in [5.74, 6) is 0.244. The average Bonchev–Trinajstić information content (AvgIpc) is 2.52. The smallest absolute Gasteiger partial charge is 0.251 e. The number of carbonyl (C=O) groups excluding carboxylic acids is 1. The molecule has 0 saturated heterocycles. The van der Waals surface area contributed by atoms with Crippen LogP contribution in [0.2, 0.25) is 0 Å². The largest absolute Gasteiger partial charge is 0.346 e. The summed E-state index contributed by atoms with van der Waals surface area (Å²) < 4.78 is 25.3. The zero-order chi connectivity index (χ0) is 18.8. The van der Waals surface area contributed by atoms with Gasteiger partial charge in [0.05, 0.1) is 11.9 Å². The van der Waals surface area contributed by atoms with Gasteiger partial charge < -0.3 is 11.1 Å². The quantitative estimate of drug-likeness (QED) is 0.803. The second kappa shape index (κ2) is 7.33. The molecule has 0 aliphatic carbocycles. The van der Waals surface area contributed by atoms with Crippen LogP contribution in [-0.4, -0.2) is 39.2 Å². The van der Waals surface area contributed by atoms with Crippen LogP contribution in [0.3, 0.4) is 0 Å². The Morgan fingerprint density at radius 2 is 2.08 bits per heavy atom. The highest BCUT2D eigenvalue weighted by Gasteiger charge is 2.28. The molecule has 140 valence electrons. The summed E-state index contributed by atoms with van der Waals surface area (Å²) in [6, 6.07) is 5.21. The zero-order valence-corrected chi connectivity index (χ0v) is 16.3. The predicted molar refractivity (Wildman–Crippen MR) is 101 cm³/mol. The number of carbonyl (C=O) groups is 1. The van der Waals surface area contributed by atoms with E-state index in [1.165, 1.54) is 10.6 Å². The van der Waals surface area contributed by atoms with Crippen LogP contribution in [0.1, 0.15) is 49.5 Å². The van der Waals surface area contributed by atoms with Crippen molar-refractivity contribution in [2.24, 2.45) is 11.7 Å². The van der Waals surface area contributed by atoms with E-state index < -0.39 is 15.6 Å². The van der Waals surface area contributed by atoms with Crippen molar-refractivity contribution in [1.29, 1.82) is 0 Å². The molecule has 7 heteroatoms. The summed E-state index contributed by atoms with van der Waals surface area (Å²) in [6.45, 7) is 6.99. The second-order valence-electron chi connectivity index (χ2n) is 7.60. The van der Waals surface area contributed by atoms with Crippen molar-refractivity contribution in [3.8, 4) is 0 Å². The predicted octanol–water partition coefficient (Wildman–Crippen LogP) is 1.89. The van der Waals surface area contributed by atoms with Gasteiger partial charge in [-0.2, -0.15) is 0 Å². The van der Waals surface area contributed by atoms with Crippen LogP contribution >= 0.6 is 0 Å². The summed E-state index contributed by atoms with van der Waals surface area (Å²) in [4.78, 5) is 12.7. The maximum absolute atomic E-state index is 12.7. The summed E-state index contributed by atoms with van der Waals surface area (Å²) in [5.41, 5.74) is 7.52. The van der Waals surface area contributed by atoms with Gasteiger partial charge in [0.2, 0.25) is 10.0 Å². The number of nitrogens with two attached hydrogens (primary N) is 1. The summed E-state index contributed by atoms with van der Waals surface area (Å²) >= 11 is 0. The van der Waals surface area contributed by atoms with E-state index in [9.17, 15) is 13.2 Å². The highest BCUT2D eigenvalue weighted by atomic mass is 32.2. The Kier molecular flexibility index (Phi) is 5.79. The molecule has 1 aromatic rings. The van der Waals surface area contributed by atoms with E-state index in [4.69, 9.17) is 5.73 Å². The minimum Gasteiger partial charge on any atom is -0.346 e. The van der Waals surface area contributed by atoms with Crippen LogP contribution < -0.4 is 15.4 Å². The number of nitrogens with zero attached hydrogens (tertiary/aromatic N) is 1. The van der Waals surface area contributed by atoms with Gasteiger partial charge in [0.1, 0.15) is 0 Å². The van der Waals surface area contributed by atoms with Gasteiger partial charge in [0.15, 0.2) is 0 Å². The fourth-order valence-corrected chi connectivity index (χ4v) is 4.48. The van der Waals surface area contributed by atoms with Crippen LogP contribution in [0.25, 0.3) is 0 Å². The number of rotatable bonds is 6. The van der Waals surface area contributed by atoms with Crippen molar-refractivity contribution in [1.82, 2.24) is 5.32 Å². The van der Waals surface area contributed by atoms with Gasteiger partial charge >= 0.3 is 0 Å². The normalized spacial score (nSPS) is 17.1. The molecule has 1 aliphatic heterocycles. The number of nitrogens with one attached hydrogen (secondary N) is 1. The third kappa shape index (κ3) is 4.73. The summed E-state index contributed by atoms with van der Waals surface area (Å²) in [5, 5.41) is 3.04. The third-order valence-electron chi connectivity index (χ3n) is 4.54. The number of amides is 1. The molecule has 0 aromatic heterocycles. The summed E-state index contributed by atoms with van der Waals surface area (Å²) in [6.07, 6.45) is 3.52. The molecule has 1 aromatic carbocycles. The molecule has 2 rings (SSSR count). The number of sulfonamides is 1.